The zero-order chi connectivity index (χ0) is 18.6. The number of benzene rings is 2. The van der Waals surface area contributed by atoms with E-state index in [2.05, 4.69) is 15.5 Å². The van der Waals surface area contributed by atoms with Crippen LogP contribution in [-0.4, -0.2) is 22.1 Å². The van der Waals surface area contributed by atoms with E-state index in [1.165, 1.54) is 18.2 Å². The van der Waals surface area contributed by atoms with Crippen molar-refractivity contribution in [1.82, 2.24) is 10.2 Å². The first-order valence-electron chi connectivity index (χ1n) is 7.51. The molecular formula is C17H13F4N3OS. The highest BCUT2D eigenvalue weighted by atomic mass is 32.2. The molecule has 0 radical (unpaired) electrons. The molecule has 3 aromatic rings. The molecule has 2 aromatic carbocycles. The Balaban J connectivity index is 1.67. The lowest BCUT2D eigenvalue weighted by Crippen LogP contribution is -2.11. The fraction of sp³-hybridized carbons (Fsp3) is 0.176. The first-order chi connectivity index (χ1) is 12.4. The summed E-state index contributed by atoms with van der Waals surface area (Å²) in [5.74, 6) is -0.993. The largest absolute Gasteiger partial charge is 0.419 e. The van der Waals surface area contributed by atoms with E-state index in [0.29, 0.717) is 27.9 Å². The summed E-state index contributed by atoms with van der Waals surface area (Å²) < 4.78 is 56.0. The number of nitrogens with one attached hydrogen (secondary N) is 1. The number of halogens is 4. The van der Waals surface area contributed by atoms with Gasteiger partial charge in [0.2, 0.25) is 11.8 Å². The highest BCUT2D eigenvalue weighted by molar-refractivity contribution is 7.99. The molecule has 0 atom stereocenters. The molecule has 0 amide bonds. The van der Waals surface area contributed by atoms with Gasteiger partial charge in [-0.1, -0.05) is 18.2 Å². The predicted molar refractivity (Wildman–Crippen MR) is 90.2 cm³/mol. The molecule has 4 nitrogen and oxygen atoms in total. The van der Waals surface area contributed by atoms with Crippen molar-refractivity contribution < 1.29 is 22.0 Å². The van der Waals surface area contributed by atoms with E-state index in [-0.39, 0.29) is 18.3 Å². The van der Waals surface area contributed by atoms with Crippen LogP contribution in [0.1, 0.15) is 5.89 Å². The van der Waals surface area contributed by atoms with Gasteiger partial charge < -0.3 is 9.73 Å². The Hall–Kier alpha value is -2.55. The third-order valence-corrected chi connectivity index (χ3v) is 4.39. The lowest BCUT2D eigenvalue weighted by molar-refractivity contribution is -0.105. The van der Waals surface area contributed by atoms with Crippen molar-refractivity contribution >= 4 is 17.4 Å². The number of alkyl halides is 3. The van der Waals surface area contributed by atoms with Crippen LogP contribution in [0.5, 0.6) is 0 Å². The van der Waals surface area contributed by atoms with Crippen molar-refractivity contribution in [2.24, 2.45) is 0 Å². The average molecular weight is 383 g/mol. The summed E-state index contributed by atoms with van der Waals surface area (Å²) in [7, 11) is 0. The summed E-state index contributed by atoms with van der Waals surface area (Å²) >= 11 is 0.697. The number of hydrogen-bond donors (Lipinski definition) is 1. The van der Waals surface area contributed by atoms with Crippen molar-refractivity contribution in [3.8, 4) is 11.5 Å². The SMILES string of the molecule is Fc1cccc(-c2nnc(CNc3ccccc3SCC(F)(F)F)o2)c1. The van der Waals surface area contributed by atoms with Crippen molar-refractivity contribution in [3.63, 3.8) is 0 Å². The molecule has 0 aliphatic heterocycles. The highest BCUT2D eigenvalue weighted by Crippen LogP contribution is 2.32. The molecule has 0 aliphatic rings. The zero-order valence-electron chi connectivity index (χ0n) is 13.3. The van der Waals surface area contributed by atoms with Crippen LogP contribution in [0.15, 0.2) is 57.8 Å². The first kappa shape index (κ1) is 18.2. The van der Waals surface area contributed by atoms with Crippen LogP contribution in [0.2, 0.25) is 0 Å². The fourth-order valence-electron chi connectivity index (χ4n) is 2.13. The second kappa shape index (κ2) is 7.77. The number of rotatable bonds is 6. The molecule has 0 unspecified atom stereocenters. The van der Waals surface area contributed by atoms with Crippen molar-refractivity contribution in [2.75, 3.05) is 11.1 Å². The van der Waals surface area contributed by atoms with Crippen LogP contribution >= 0.6 is 11.8 Å². The smallest absolute Gasteiger partial charge is 0.398 e. The van der Waals surface area contributed by atoms with Gasteiger partial charge in [-0.3, -0.25) is 0 Å². The Morgan fingerprint density at radius 2 is 1.85 bits per heavy atom. The van der Waals surface area contributed by atoms with Crippen LogP contribution in [0.3, 0.4) is 0 Å². The lowest BCUT2D eigenvalue weighted by atomic mass is 10.2. The van der Waals surface area contributed by atoms with Crippen molar-refractivity contribution in [3.05, 3.63) is 60.2 Å². The summed E-state index contributed by atoms with van der Waals surface area (Å²) in [5, 5.41) is 10.7. The number of para-hydroxylation sites is 1. The van der Waals surface area contributed by atoms with Gasteiger partial charge in [-0.15, -0.1) is 22.0 Å². The molecular weight excluding hydrogens is 370 g/mol. The molecule has 9 heteroatoms. The van der Waals surface area contributed by atoms with Gasteiger partial charge in [-0.25, -0.2) is 4.39 Å². The van der Waals surface area contributed by atoms with Crippen LogP contribution in [-0.2, 0) is 6.54 Å². The minimum absolute atomic E-state index is 0.131. The quantitative estimate of drug-likeness (QED) is 0.472. The third-order valence-electron chi connectivity index (χ3n) is 3.25. The lowest BCUT2D eigenvalue weighted by Gasteiger charge is -2.11. The topological polar surface area (TPSA) is 51.0 Å². The number of hydrogen-bond acceptors (Lipinski definition) is 5. The summed E-state index contributed by atoms with van der Waals surface area (Å²) in [6.45, 7) is 0.131. The van der Waals surface area contributed by atoms with Crippen LogP contribution in [0.4, 0.5) is 23.2 Å². The van der Waals surface area contributed by atoms with E-state index in [9.17, 15) is 17.6 Å². The van der Waals surface area contributed by atoms with Gasteiger partial charge in [0.25, 0.3) is 0 Å². The summed E-state index contributed by atoms with van der Waals surface area (Å²) in [5.41, 5.74) is 0.983. The minimum atomic E-state index is -4.25. The average Bonchev–Trinajstić information content (AvgIpc) is 3.07. The number of nitrogens with zero attached hydrogens (tertiary/aromatic N) is 2. The van der Waals surface area contributed by atoms with Crippen LogP contribution in [0, 0.1) is 5.82 Å². The molecule has 0 fully saturated rings. The highest BCUT2D eigenvalue weighted by Gasteiger charge is 2.27. The van der Waals surface area contributed by atoms with Gasteiger partial charge in [0.05, 0.1) is 12.3 Å². The maximum absolute atomic E-state index is 13.2. The summed E-state index contributed by atoms with van der Waals surface area (Å²) in [4.78, 5) is 0.467. The molecule has 1 N–H and O–H groups in total. The van der Waals surface area contributed by atoms with Gasteiger partial charge in [-0.2, -0.15) is 13.2 Å². The Morgan fingerprint density at radius 1 is 1.04 bits per heavy atom. The number of thioether (sulfide) groups is 1. The standard InChI is InChI=1S/C17H13F4N3OS/c18-12-5-3-4-11(8-12)16-24-23-15(25-16)9-22-13-6-1-2-7-14(13)26-10-17(19,20)21/h1-8,22H,9-10H2. The zero-order valence-corrected chi connectivity index (χ0v) is 14.1. The van der Waals surface area contributed by atoms with E-state index < -0.39 is 17.7 Å². The first-order valence-corrected chi connectivity index (χ1v) is 8.50. The predicted octanol–water partition coefficient (Wildman–Crippen LogP) is 5.14. The van der Waals surface area contributed by atoms with Crippen molar-refractivity contribution in [2.45, 2.75) is 17.6 Å². The molecule has 0 saturated carbocycles. The van der Waals surface area contributed by atoms with E-state index in [1.54, 1.807) is 30.3 Å². The minimum Gasteiger partial charge on any atom is -0.419 e. The molecule has 0 spiro atoms. The van der Waals surface area contributed by atoms with Gasteiger partial charge in [-0.05, 0) is 30.3 Å². The Kier molecular flexibility index (Phi) is 5.46. The number of anilines is 1. The van der Waals surface area contributed by atoms with Gasteiger partial charge in [0.1, 0.15) is 5.82 Å². The Morgan fingerprint density at radius 3 is 2.62 bits per heavy atom. The molecule has 0 bridgehead atoms. The summed E-state index contributed by atoms with van der Waals surface area (Å²) in [6, 6.07) is 12.4. The Bertz CT molecular complexity index is 882. The Labute approximate surface area is 150 Å². The second-order valence-corrected chi connectivity index (χ2v) is 6.28. The van der Waals surface area contributed by atoms with Gasteiger partial charge in [0, 0.05) is 16.1 Å². The molecule has 1 aromatic heterocycles. The third kappa shape index (κ3) is 4.98. The monoisotopic (exact) mass is 383 g/mol. The van der Waals surface area contributed by atoms with E-state index in [4.69, 9.17) is 4.42 Å². The molecule has 0 saturated heterocycles. The van der Waals surface area contributed by atoms with Gasteiger partial charge in [0.15, 0.2) is 0 Å². The second-order valence-electron chi connectivity index (χ2n) is 5.26. The maximum Gasteiger partial charge on any atom is 0.398 e. The van der Waals surface area contributed by atoms with Crippen LogP contribution in [0.25, 0.3) is 11.5 Å². The fourth-order valence-corrected chi connectivity index (χ4v) is 2.92. The van der Waals surface area contributed by atoms with E-state index in [0.717, 1.165) is 0 Å². The molecule has 26 heavy (non-hydrogen) atoms. The number of aromatic nitrogens is 2. The van der Waals surface area contributed by atoms with E-state index >= 15 is 0 Å². The van der Waals surface area contributed by atoms with Gasteiger partial charge >= 0.3 is 6.18 Å². The molecule has 0 aliphatic carbocycles. The van der Waals surface area contributed by atoms with E-state index in [1.807, 2.05) is 0 Å². The molecule has 136 valence electrons. The normalized spacial score (nSPS) is 11.5. The van der Waals surface area contributed by atoms with Crippen molar-refractivity contribution in [1.29, 1.82) is 0 Å². The summed E-state index contributed by atoms with van der Waals surface area (Å²) in [6.07, 6.45) is -4.25. The molecule has 1 heterocycles. The maximum atomic E-state index is 13.2. The molecule has 3 rings (SSSR count). The van der Waals surface area contributed by atoms with Crippen LogP contribution < -0.4 is 5.32 Å².